The zero-order valence-electron chi connectivity index (χ0n) is 16.5. The van der Waals surface area contributed by atoms with Gasteiger partial charge in [-0.15, -0.1) is 0 Å². The summed E-state index contributed by atoms with van der Waals surface area (Å²) in [5.74, 6) is 5.65. The highest BCUT2D eigenvalue weighted by molar-refractivity contribution is 5.92. The zero-order chi connectivity index (χ0) is 18.3. The fraction of sp³-hybridized carbons (Fsp3) is 0.833. The van der Waals surface area contributed by atoms with Gasteiger partial charge in [0.1, 0.15) is 5.60 Å². The van der Waals surface area contributed by atoms with E-state index in [9.17, 15) is 9.59 Å². The van der Waals surface area contributed by atoms with Gasteiger partial charge in [0.2, 0.25) is 0 Å². The van der Waals surface area contributed by atoms with Gasteiger partial charge in [-0.1, -0.05) is 19.4 Å². The SMILES string of the molecule is C[C@@]12CCC(=O)C=C1C1CC1C1C2CC[C@]2(C)C1C1CC1[C@@]21CCC(=O)O1. The normalized spacial score (nSPS) is 62.0. The Labute approximate surface area is 161 Å². The number of ether oxygens (including phenoxy) is 1. The van der Waals surface area contributed by atoms with Gasteiger partial charge < -0.3 is 4.74 Å². The van der Waals surface area contributed by atoms with Crippen LogP contribution in [0.4, 0.5) is 0 Å². The predicted molar refractivity (Wildman–Crippen MR) is 99.5 cm³/mol. The first-order valence-corrected chi connectivity index (χ1v) is 11.4. The van der Waals surface area contributed by atoms with Crippen LogP contribution < -0.4 is 0 Å². The lowest BCUT2D eigenvalue weighted by atomic mass is 9.45. The fourth-order valence-corrected chi connectivity index (χ4v) is 9.74. The van der Waals surface area contributed by atoms with Crippen LogP contribution in [0.1, 0.15) is 65.2 Å². The highest BCUT2D eigenvalue weighted by Gasteiger charge is 2.81. The van der Waals surface area contributed by atoms with E-state index in [1.54, 1.807) is 0 Å². The molecule has 7 aliphatic rings. The van der Waals surface area contributed by atoms with Crippen molar-refractivity contribution in [3.8, 4) is 0 Å². The maximum atomic E-state index is 12.2. The number of carbonyl (C=O) groups excluding carboxylic acids is 2. The molecule has 144 valence electrons. The summed E-state index contributed by atoms with van der Waals surface area (Å²) in [6.07, 6.45) is 10.6. The summed E-state index contributed by atoms with van der Waals surface area (Å²) < 4.78 is 6.22. The second kappa shape index (κ2) is 4.39. The summed E-state index contributed by atoms with van der Waals surface area (Å²) in [6, 6.07) is 0. The van der Waals surface area contributed by atoms with Crippen LogP contribution in [0.3, 0.4) is 0 Å². The van der Waals surface area contributed by atoms with E-state index in [2.05, 4.69) is 19.9 Å². The third-order valence-corrected chi connectivity index (χ3v) is 10.9. The van der Waals surface area contributed by atoms with E-state index in [1.807, 2.05) is 0 Å². The average molecular weight is 367 g/mol. The van der Waals surface area contributed by atoms with Gasteiger partial charge in [0.15, 0.2) is 5.78 Å². The molecule has 0 aromatic heterocycles. The van der Waals surface area contributed by atoms with Crippen molar-refractivity contribution in [2.75, 3.05) is 0 Å². The van der Waals surface area contributed by atoms with Crippen molar-refractivity contribution in [3.05, 3.63) is 11.6 Å². The lowest BCUT2D eigenvalue weighted by Crippen LogP contribution is -2.57. The van der Waals surface area contributed by atoms with Gasteiger partial charge in [0.25, 0.3) is 0 Å². The Hall–Kier alpha value is -1.12. The Bertz CT molecular complexity index is 827. The number of esters is 1. The number of hydrogen-bond acceptors (Lipinski definition) is 3. The molecule has 6 aliphatic carbocycles. The Morgan fingerprint density at radius 2 is 1.85 bits per heavy atom. The Morgan fingerprint density at radius 3 is 2.63 bits per heavy atom. The fourth-order valence-electron chi connectivity index (χ4n) is 9.74. The number of fused-ring (bicyclic) bond motifs is 12. The van der Waals surface area contributed by atoms with Gasteiger partial charge in [-0.2, -0.15) is 0 Å². The largest absolute Gasteiger partial charge is 0.458 e. The molecule has 5 saturated carbocycles. The van der Waals surface area contributed by atoms with Gasteiger partial charge >= 0.3 is 5.97 Å². The number of hydrogen-bond donors (Lipinski definition) is 0. The van der Waals surface area contributed by atoms with Gasteiger partial charge in [0.05, 0.1) is 0 Å². The summed E-state index contributed by atoms with van der Waals surface area (Å²) in [5.41, 5.74) is 1.85. The number of allylic oxidation sites excluding steroid dienone is 1. The number of rotatable bonds is 0. The van der Waals surface area contributed by atoms with Crippen LogP contribution in [0.25, 0.3) is 0 Å². The van der Waals surface area contributed by atoms with Crippen LogP contribution in [0.5, 0.6) is 0 Å². The van der Waals surface area contributed by atoms with E-state index >= 15 is 0 Å². The molecule has 0 bridgehead atoms. The summed E-state index contributed by atoms with van der Waals surface area (Å²) in [6.45, 7) is 4.99. The van der Waals surface area contributed by atoms with E-state index in [0.29, 0.717) is 24.0 Å². The first-order valence-electron chi connectivity index (χ1n) is 11.4. The summed E-state index contributed by atoms with van der Waals surface area (Å²) in [5, 5.41) is 0. The minimum absolute atomic E-state index is 0.0561. The second-order valence-corrected chi connectivity index (χ2v) is 11.5. The van der Waals surface area contributed by atoms with Crippen molar-refractivity contribution in [1.82, 2.24) is 0 Å². The molecule has 1 spiro atoms. The van der Waals surface area contributed by atoms with Crippen LogP contribution in [0, 0.1) is 52.3 Å². The quantitative estimate of drug-likeness (QED) is 0.600. The van der Waals surface area contributed by atoms with Crippen molar-refractivity contribution in [2.24, 2.45) is 52.3 Å². The van der Waals surface area contributed by atoms with Crippen molar-refractivity contribution in [2.45, 2.75) is 70.8 Å². The molecule has 1 saturated heterocycles. The highest BCUT2D eigenvalue weighted by atomic mass is 16.6. The summed E-state index contributed by atoms with van der Waals surface area (Å²) >= 11 is 0. The Balaban J connectivity index is 1.33. The Kier molecular flexibility index (Phi) is 2.56. The zero-order valence-corrected chi connectivity index (χ0v) is 16.5. The average Bonchev–Trinajstić information content (AvgIpc) is 3.53. The first kappa shape index (κ1) is 15.8. The molecule has 10 atom stereocenters. The van der Waals surface area contributed by atoms with Crippen molar-refractivity contribution >= 4 is 11.8 Å². The van der Waals surface area contributed by atoms with Gasteiger partial charge in [-0.25, -0.2) is 0 Å². The van der Waals surface area contributed by atoms with Crippen LogP contribution in [-0.2, 0) is 14.3 Å². The number of ketones is 1. The van der Waals surface area contributed by atoms with Crippen LogP contribution in [0.2, 0.25) is 0 Å². The summed E-state index contributed by atoms with van der Waals surface area (Å²) in [7, 11) is 0. The minimum Gasteiger partial charge on any atom is -0.458 e. The van der Waals surface area contributed by atoms with E-state index in [0.717, 1.165) is 48.9 Å². The minimum atomic E-state index is -0.131. The predicted octanol–water partition coefficient (Wildman–Crippen LogP) is 4.31. The molecule has 0 amide bonds. The molecule has 7 rings (SSSR count). The van der Waals surface area contributed by atoms with Crippen LogP contribution >= 0.6 is 0 Å². The molecule has 0 N–H and O–H groups in total. The lowest BCUT2D eigenvalue weighted by Gasteiger charge is -2.60. The van der Waals surface area contributed by atoms with Crippen molar-refractivity contribution in [3.63, 3.8) is 0 Å². The smallest absolute Gasteiger partial charge is 0.306 e. The van der Waals surface area contributed by atoms with Gasteiger partial charge in [-0.3, -0.25) is 9.59 Å². The lowest BCUT2D eigenvalue weighted by molar-refractivity contribution is -0.177. The highest BCUT2D eigenvalue weighted by Crippen LogP contribution is 2.82. The molecule has 3 heteroatoms. The molecule has 0 aromatic carbocycles. The monoisotopic (exact) mass is 366 g/mol. The molecule has 3 nitrogen and oxygen atoms in total. The maximum Gasteiger partial charge on any atom is 0.306 e. The van der Waals surface area contributed by atoms with Gasteiger partial charge in [0, 0.05) is 24.2 Å². The topological polar surface area (TPSA) is 43.4 Å². The van der Waals surface area contributed by atoms with Gasteiger partial charge in [-0.05, 0) is 85.5 Å². The van der Waals surface area contributed by atoms with Crippen molar-refractivity contribution < 1.29 is 14.3 Å². The molecule has 27 heavy (non-hydrogen) atoms. The third-order valence-electron chi connectivity index (χ3n) is 10.9. The molecule has 0 radical (unpaired) electrons. The van der Waals surface area contributed by atoms with E-state index in [1.165, 1.54) is 31.3 Å². The van der Waals surface area contributed by atoms with E-state index < -0.39 is 0 Å². The molecule has 1 aliphatic heterocycles. The van der Waals surface area contributed by atoms with E-state index in [4.69, 9.17) is 4.74 Å². The standard InChI is InChI=1S/C24H30O3/c1-22-6-3-12(25)9-17(22)13-10-14(13)20-16(22)4-7-23(2)21(20)15-11-18(15)24(23)8-5-19(26)27-24/h9,13-16,18,20-21H,3-8,10-11H2,1-2H3/t13?,14?,15?,16?,18?,20?,21?,22-,23+,24-/m0/s1. The van der Waals surface area contributed by atoms with Crippen molar-refractivity contribution in [1.29, 1.82) is 0 Å². The molecular weight excluding hydrogens is 336 g/mol. The molecule has 6 fully saturated rings. The second-order valence-electron chi connectivity index (χ2n) is 11.5. The molecule has 7 unspecified atom stereocenters. The molecule has 1 heterocycles. The molecular formula is C24H30O3. The van der Waals surface area contributed by atoms with Crippen LogP contribution in [0.15, 0.2) is 11.6 Å². The van der Waals surface area contributed by atoms with Crippen LogP contribution in [-0.4, -0.2) is 17.4 Å². The third kappa shape index (κ3) is 1.58. The summed E-state index contributed by atoms with van der Waals surface area (Å²) in [4.78, 5) is 24.3. The maximum absolute atomic E-state index is 12.2. The Morgan fingerprint density at radius 1 is 1.00 bits per heavy atom. The number of carbonyl (C=O) groups is 2. The molecule has 0 aromatic rings. The first-order chi connectivity index (χ1) is 12.9. The van der Waals surface area contributed by atoms with E-state index in [-0.39, 0.29) is 22.4 Å².